The van der Waals surface area contributed by atoms with Gasteiger partial charge in [-0.2, -0.15) is 0 Å². The van der Waals surface area contributed by atoms with Crippen molar-refractivity contribution in [2.75, 3.05) is 6.61 Å². The minimum atomic E-state index is -0.578. The molecular weight excluding hydrogens is 420 g/mol. The summed E-state index contributed by atoms with van der Waals surface area (Å²) < 4.78 is 7.48. The summed E-state index contributed by atoms with van der Waals surface area (Å²) >= 11 is 1.32. The molecule has 6 heteroatoms. The van der Waals surface area contributed by atoms with Gasteiger partial charge in [0.2, 0.25) is 0 Å². The summed E-state index contributed by atoms with van der Waals surface area (Å²) in [6, 6.07) is 17.2. The number of allylic oxidation sites excluding steroid dienone is 2. The van der Waals surface area contributed by atoms with Gasteiger partial charge in [0, 0.05) is 0 Å². The molecule has 0 fully saturated rings. The third-order valence-corrected chi connectivity index (χ3v) is 6.25. The number of nitrogens with zero attached hydrogens (tertiary/aromatic N) is 2. The number of aryl methyl sites for hydroxylation is 1. The molecule has 0 spiro atoms. The second-order valence-electron chi connectivity index (χ2n) is 7.51. The van der Waals surface area contributed by atoms with Crippen LogP contribution in [0, 0.1) is 6.92 Å². The third-order valence-electron chi connectivity index (χ3n) is 5.25. The largest absolute Gasteiger partial charge is 0.463 e. The molecule has 0 N–H and O–H groups in total. The van der Waals surface area contributed by atoms with Crippen LogP contribution in [-0.2, 0) is 9.53 Å². The first kappa shape index (κ1) is 21.7. The van der Waals surface area contributed by atoms with Crippen LogP contribution in [0.25, 0.3) is 12.2 Å². The molecule has 1 aliphatic rings. The van der Waals surface area contributed by atoms with E-state index in [0.717, 1.165) is 16.7 Å². The third kappa shape index (κ3) is 4.27. The number of thiazole rings is 1. The SMILES string of the molecule is CCOC(=O)C1=C(C)N=c2s/c(=C\C=C\c3ccccc3)c(=O)n2C1c1ccc(C)cc1. The first-order valence-corrected chi connectivity index (χ1v) is 11.3. The molecule has 1 aromatic heterocycles. The van der Waals surface area contributed by atoms with E-state index in [1.54, 1.807) is 24.5 Å². The molecule has 32 heavy (non-hydrogen) atoms. The average Bonchev–Trinajstić information content (AvgIpc) is 3.09. The lowest BCUT2D eigenvalue weighted by Crippen LogP contribution is -2.39. The lowest BCUT2D eigenvalue weighted by Gasteiger charge is -2.24. The maximum Gasteiger partial charge on any atom is 0.338 e. The van der Waals surface area contributed by atoms with Crippen LogP contribution in [0.15, 0.2) is 81.7 Å². The number of esters is 1. The molecule has 5 nitrogen and oxygen atoms in total. The van der Waals surface area contributed by atoms with Crippen molar-refractivity contribution in [3.63, 3.8) is 0 Å². The number of aromatic nitrogens is 1. The summed E-state index contributed by atoms with van der Waals surface area (Å²) in [5, 5.41) is 0. The minimum absolute atomic E-state index is 0.175. The topological polar surface area (TPSA) is 60.7 Å². The van der Waals surface area contributed by atoms with Gasteiger partial charge in [-0.1, -0.05) is 83.6 Å². The number of hydrogen-bond donors (Lipinski definition) is 0. The van der Waals surface area contributed by atoms with Crippen LogP contribution in [0.1, 0.15) is 36.6 Å². The van der Waals surface area contributed by atoms with Crippen LogP contribution in [0.2, 0.25) is 0 Å². The number of carbonyl (C=O) groups is 1. The second-order valence-corrected chi connectivity index (χ2v) is 8.51. The fourth-order valence-electron chi connectivity index (χ4n) is 3.68. The second kappa shape index (κ2) is 9.32. The van der Waals surface area contributed by atoms with Gasteiger partial charge in [0.05, 0.1) is 28.5 Å². The molecule has 0 radical (unpaired) electrons. The van der Waals surface area contributed by atoms with Crippen LogP contribution in [0.5, 0.6) is 0 Å². The number of rotatable bonds is 5. The molecule has 2 aromatic carbocycles. The first-order chi connectivity index (χ1) is 15.5. The van der Waals surface area contributed by atoms with Crippen LogP contribution < -0.4 is 14.9 Å². The van der Waals surface area contributed by atoms with Crippen molar-refractivity contribution >= 4 is 29.5 Å². The summed E-state index contributed by atoms with van der Waals surface area (Å²) in [5.74, 6) is -0.447. The Morgan fingerprint density at radius 3 is 2.53 bits per heavy atom. The number of hydrogen-bond acceptors (Lipinski definition) is 5. The summed E-state index contributed by atoms with van der Waals surface area (Å²) in [7, 11) is 0. The highest BCUT2D eigenvalue weighted by Crippen LogP contribution is 2.30. The quantitative estimate of drug-likeness (QED) is 0.563. The van der Waals surface area contributed by atoms with E-state index in [2.05, 4.69) is 4.99 Å². The Bertz CT molecular complexity index is 1380. The van der Waals surface area contributed by atoms with Gasteiger partial charge in [0.15, 0.2) is 4.80 Å². The molecule has 2 heterocycles. The van der Waals surface area contributed by atoms with E-state index in [9.17, 15) is 9.59 Å². The van der Waals surface area contributed by atoms with E-state index in [0.29, 0.717) is 20.6 Å². The normalized spacial score (nSPS) is 16.2. The number of ether oxygens (including phenoxy) is 1. The predicted octanol–water partition coefficient (Wildman–Crippen LogP) is 3.77. The van der Waals surface area contributed by atoms with Gasteiger partial charge >= 0.3 is 5.97 Å². The van der Waals surface area contributed by atoms with E-state index < -0.39 is 12.0 Å². The summed E-state index contributed by atoms with van der Waals surface area (Å²) in [5.41, 5.74) is 3.79. The van der Waals surface area contributed by atoms with Crippen molar-refractivity contribution < 1.29 is 9.53 Å². The molecule has 1 aliphatic heterocycles. The van der Waals surface area contributed by atoms with Gasteiger partial charge < -0.3 is 4.74 Å². The van der Waals surface area contributed by atoms with Crippen molar-refractivity contribution in [3.8, 4) is 0 Å². The fourth-order valence-corrected chi connectivity index (χ4v) is 4.68. The molecule has 0 aliphatic carbocycles. The van der Waals surface area contributed by atoms with Crippen molar-refractivity contribution in [3.05, 3.63) is 108 Å². The maximum atomic E-state index is 13.4. The molecule has 0 amide bonds. The molecule has 1 atom stereocenters. The van der Waals surface area contributed by atoms with Gasteiger partial charge in [-0.15, -0.1) is 0 Å². The Labute approximate surface area is 190 Å². The standard InChI is InChI=1S/C26H24N2O3S/c1-4-31-25(30)22-18(3)27-26-28(23(22)20-15-13-17(2)14-16-20)24(29)21(32-26)12-8-11-19-9-6-5-7-10-19/h5-16,23H,4H2,1-3H3/b11-8+,21-12-. The molecule has 0 saturated heterocycles. The molecule has 1 unspecified atom stereocenters. The monoisotopic (exact) mass is 444 g/mol. The van der Waals surface area contributed by atoms with Crippen molar-refractivity contribution in [2.24, 2.45) is 4.99 Å². The molecule has 0 bridgehead atoms. The summed E-state index contributed by atoms with van der Waals surface area (Å²) in [6.45, 7) is 5.81. The van der Waals surface area contributed by atoms with Gasteiger partial charge in [-0.05, 0) is 38.0 Å². The van der Waals surface area contributed by atoms with Gasteiger partial charge in [-0.25, -0.2) is 9.79 Å². The van der Waals surface area contributed by atoms with Crippen LogP contribution in [-0.4, -0.2) is 17.1 Å². The summed E-state index contributed by atoms with van der Waals surface area (Å²) in [4.78, 5) is 31.4. The number of benzene rings is 2. The Morgan fingerprint density at radius 2 is 1.84 bits per heavy atom. The Kier molecular flexibility index (Phi) is 6.32. The number of carbonyl (C=O) groups excluding carboxylic acids is 1. The van der Waals surface area contributed by atoms with E-state index in [-0.39, 0.29) is 12.2 Å². The highest BCUT2D eigenvalue weighted by Gasteiger charge is 2.33. The zero-order valence-corrected chi connectivity index (χ0v) is 19.1. The highest BCUT2D eigenvalue weighted by atomic mass is 32.1. The highest BCUT2D eigenvalue weighted by molar-refractivity contribution is 7.07. The van der Waals surface area contributed by atoms with E-state index in [1.807, 2.05) is 73.7 Å². The molecule has 3 aromatic rings. The van der Waals surface area contributed by atoms with E-state index in [4.69, 9.17) is 4.74 Å². The maximum absolute atomic E-state index is 13.4. The van der Waals surface area contributed by atoms with Gasteiger partial charge in [0.25, 0.3) is 5.56 Å². The zero-order valence-electron chi connectivity index (χ0n) is 18.2. The van der Waals surface area contributed by atoms with Crippen molar-refractivity contribution in [1.82, 2.24) is 4.57 Å². The summed E-state index contributed by atoms with van der Waals surface area (Å²) in [6.07, 6.45) is 5.61. The predicted molar refractivity (Wildman–Crippen MR) is 128 cm³/mol. The number of fused-ring (bicyclic) bond motifs is 1. The van der Waals surface area contributed by atoms with E-state index >= 15 is 0 Å². The fraction of sp³-hybridized carbons (Fsp3) is 0.192. The van der Waals surface area contributed by atoms with Crippen molar-refractivity contribution in [1.29, 1.82) is 0 Å². The van der Waals surface area contributed by atoms with Gasteiger partial charge in [0.1, 0.15) is 0 Å². The minimum Gasteiger partial charge on any atom is -0.463 e. The van der Waals surface area contributed by atoms with Gasteiger partial charge in [-0.3, -0.25) is 9.36 Å². The lowest BCUT2D eigenvalue weighted by atomic mass is 9.95. The smallest absolute Gasteiger partial charge is 0.338 e. The Balaban J connectivity index is 1.86. The Hall–Kier alpha value is -3.51. The average molecular weight is 445 g/mol. The first-order valence-electron chi connectivity index (χ1n) is 10.5. The zero-order chi connectivity index (χ0) is 22.7. The molecule has 0 saturated carbocycles. The molecule has 4 rings (SSSR count). The Morgan fingerprint density at radius 1 is 1.12 bits per heavy atom. The van der Waals surface area contributed by atoms with Crippen molar-refractivity contribution in [2.45, 2.75) is 26.8 Å². The van der Waals surface area contributed by atoms with Crippen LogP contribution >= 0.6 is 11.3 Å². The van der Waals surface area contributed by atoms with Crippen LogP contribution in [0.3, 0.4) is 0 Å². The lowest BCUT2D eigenvalue weighted by molar-refractivity contribution is -0.139. The molecule has 162 valence electrons. The van der Waals surface area contributed by atoms with E-state index in [1.165, 1.54) is 11.3 Å². The molecular formula is C26H24N2O3S. The van der Waals surface area contributed by atoms with Crippen LogP contribution in [0.4, 0.5) is 0 Å².